The summed E-state index contributed by atoms with van der Waals surface area (Å²) in [6, 6.07) is 6.38. The quantitative estimate of drug-likeness (QED) is 0.509. The maximum atomic E-state index is 11.8. The van der Waals surface area contributed by atoms with Crippen molar-refractivity contribution in [1.82, 2.24) is 0 Å². The van der Waals surface area contributed by atoms with Crippen LogP contribution in [0.4, 0.5) is 0 Å². The summed E-state index contributed by atoms with van der Waals surface area (Å²) in [5.74, 6) is -3.32. The Hall–Kier alpha value is -1.85. The Morgan fingerprint density at radius 1 is 1.35 bits per heavy atom. The zero-order chi connectivity index (χ0) is 15.3. The smallest absolute Gasteiger partial charge is 0.350 e. The van der Waals surface area contributed by atoms with Crippen LogP contribution in [0.3, 0.4) is 0 Å². The van der Waals surface area contributed by atoms with Gasteiger partial charge in [-0.1, -0.05) is 29.8 Å². The zero-order valence-corrected chi connectivity index (χ0v) is 11.9. The van der Waals surface area contributed by atoms with Crippen LogP contribution in [0.25, 0.3) is 0 Å². The minimum atomic E-state index is -2.52. The number of halogens is 1. The van der Waals surface area contributed by atoms with Crippen molar-refractivity contribution in [3.05, 3.63) is 47.5 Å². The predicted octanol–water partition coefficient (Wildman–Crippen LogP) is 1.69. The van der Waals surface area contributed by atoms with Gasteiger partial charge in [0, 0.05) is 5.02 Å². The van der Waals surface area contributed by atoms with Crippen LogP contribution in [-0.2, 0) is 19.1 Å². The molecule has 0 unspecified atom stereocenters. The van der Waals surface area contributed by atoms with E-state index in [0.29, 0.717) is 10.6 Å². The van der Waals surface area contributed by atoms with Gasteiger partial charge < -0.3 is 14.6 Å². The van der Waals surface area contributed by atoms with Gasteiger partial charge in [0.25, 0.3) is 5.60 Å². The molecule has 0 saturated heterocycles. The van der Waals surface area contributed by atoms with Crippen molar-refractivity contribution in [2.24, 2.45) is 0 Å². The summed E-state index contributed by atoms with van der Waals surface area (Å²) in [7, 11) is 2.13. The molecule has 0 amide bonds. The fraction of sp³-hybridized carbons (Fsp3) is 0.286. The van der Waals surface area contributed by atoms with Gasteiger partial charge in [-0.15, -0.1) is 6.58 Å². The first-order valence-electron chi connectivity index (χ1n) is 5.69. The first kappa shape index (κ1) is 16.2. The molecule has 0 spiro atoms. The van der Waals surface area contributed by atoms with Crippen molar-refractivity contribution in [2.75, 3.05) is 14.2 Å². The summed E-state index contributed by atoms with van der Waals surface area (Å²) in [6.07, 6.45) is 1.26. The molecule has 0 aromatic heterocycles. The Bertz CT molecular complexity index is 510. The van der Waals surface area contributed by atoms with E-state index in [2.05, 4.69) is 16.1 Å². The minimum absolute atomic E-state index is 0.395. The molecule has 0 radical (unpaired) electrons. The maximum Gasteiger partial charge on any atom is 0.350 e. The Kier molecular flexibility index (Phi) is 5.30. The van der Waals surface area contributed by atoms with Crippen LogP contribution < -0.4 is 0 Å². The van der Waals surface area contributed by atoms with Crippen LogP contribution in [-0.4, -0.2) is 36.9 Å². The molecule has 0 bridgehead atoms. The van der Waals surface area contributed by atoms with E-state index >= 15 is 0 Å². The summed E-state index contributed by atoms with van der Waals surface area (Å²) >= 11 is 5.87. The fourth-order valence-electron chi connectivity index (χ4n) is 1.90. The summed E-state index contributed by atoms with van der Waals surface area (Å²) in [5, 5.41) is 10.9. The second-order valence-corrected chi connectivity index (χ2v) is 4.45. The second kappa shape index (κ2) is 6.54. The number of benzene rings is 1. The number of ether oxygens (including phenoxy) is 2. The molecular formula is C14H15ClO5. The minimum Gasteiger partial charge on any atom is -0.466 e. The molecule has 0 aliphatic heterocycles. The Morgan fingerprint density at radius 2 is 1.90 bits per heavy atom. The van der Waals surface area contributed by atoms with E-state index in [1.54, 1.807) is 18.2 Å². The molecule has 5 nitrogen and oxygen atoms in total. The lowest BCUT2D eigenvalue weighted by Crippen LogP contribution is -2.52. The third kappa shape index (κ3) is 2.84. The molecule has 0 aliphatic carbocycles. The number of hydrogen-bond donors (Lipinski definition) is 1. The second-order valence-electron chi connectivity index (χ2n) is 4.02. The summed E-state index contributed by atoms with van der Waals surface area (Å²) in [4.78, 5) is 23.7. The van der Waals surface area contributed by atoms with Crippen LogP contribution in [0, 0.1) is 0 Å². The van der Waals surface area contributed by atoms with E-state index in [-0.39, 0.29) is 0 Å². The molecule has 1 N–H and O–H groups in total. The molecule has 0 aliphatic rings. The highest BCUT2D eigenvalue weighted by molar-refractivity contribution is 6.30. The molecule has 0 saturated carbocycles. The predicted molar refractivity (Wildman–Crippen MR) is 73.4 cm³/mol. The molecular weight excluding hydrogens is 284 g/mol. The van der Waals surface area contributed by atoms with Crippen molar-refractivity contribution in [1.29, 1.82) is 0 Å². The number of methoxy groups -OCH3 is 2. The third-order valence-electron chi connectivity index (χ3n) is 2.89. The van der Waals surface area contributed by atoms with Gasteiger partial charge in [-0.2, -0.15) is 0 Å². The molecule has 0 heterocycles. The third-order valence-corrected chi connectivity index (χ3v) is 3.12. The average Bonchev–Trinajstić information content (AvgIpc) is 2.45. The number of carbonyl (C=O) groups excluding carboxylic acids is 2. The summed E-state index contributed by atoms with van der Waals surface area (Å²) in [5.41, 5.74) is -2.08. The number of esters is 2. The number of rotatable bonds is 5. The first-order valence-corrected chi connectivity index (χ1v) is 6.06. The lowest BCUT2D eigenvalue weighted by Gasteiger charge is -2.29. The summed E-state index contributed by atoms with van der Waals surface area (Å²) < 4.78 is 9.00. The largest absolute Gasteiger partial charge is 0.466 e. The van der Waals surface area contributed by atoms with Crippen LogP contribution >= 0.6 is 11.6 Å². The van der Waals surface area contributed by atoms with E-state index in [0.717, 1.165) is 14.2 Å². The van der Waals surface area contributed by atoms with Crippen molar-refractivity contribution in [2.45, 2.75) is 11.5 Å². The number of aliphatic hydroxyl groups is 1. The highest BCUT2D eigenvalue weighted by Crippen LogP contribution is 2.33. The topological polar surface area (TPSA) is 72.8 Å². The van der Waals surface area contributed by atoms with Crippen molar-refractivity contribution in [3.63, 3.8) is 0 Å². The van der Waals surface area contributed by atoms with Crippen LogP contribution in [0.2, 0.25) is 5.02 Å². The van der Waals surface area contributed by atoms with Crippen molar-refractivity contribution < 1.29 is 24.2 Å². The molecule has 1 aromatic carbocycles. The van der Waals surface area contributed by atoms with Gasteiger partial charge >= 0.3 is 11.9 Å². The van der Waals surface area contributed by atoms with Gasteiger partial charge in [-0.3, -0.25) is 0 Å². The standard InChI is InChI=1S/C14H15ClO5/c1-4-11(9-6-5-7-10(15)8-9)14(18,12(16)19-2)13(17)20-3/h4-8,11,18H,1H2,2-3H3/t11-/m1/s1. The van der Waals surface area contributed by atoms with E-state index in [1.165, 1.54) is 12.1 Å². The van der Waals surface area contributed by atoms with Crippen LogP contribution in [0.1, 0.15) is 11.5 Å². The monoisotopic (exact) mass is 298 g/mol. The maximum absolute atomic E-state index is 11.8. The van der Waals surface area contributed by atoms with Crippen LogP contribution in [0.5, 0.6) is 0 Å². The van der Waals surface area contributed by atoms with Gasteiger partial charge in [0.05, 0.1) is 20.1 Å². The van der Waals surface area contributed by atoms with Gasteiger partial charge in [-0.25, -0.2) is 9.59 Å². The van der Waals surface area contributed by atoms with E-state index in [1.807, 2.05) is 0 Å². The van der Waals surface area contributed by atoms with E-state index in [9.17, 15) is 14.7 Å². The molecule has 1 atom stereocenters. The number of carbonyl (C=O) groups is 2. The van der Waals surface area contributed by atoms with Crippen molar-refractivity contribution in [3.8, 4) is 0 Å². The SMILES string of the molecule is C=C[C@H](c1cccc(Cl)c1)C(O)(C(=O)OC)C(=O)OC. The van der Waals surface area contributed by atoms with Crippen LogP contribution in [0.15, 0.2) is 36.9 Å². The van der Waals surface area contributed by atoms with E-state index < -0.39 is 23.5 Å². The zero-order valence-electron chi connectivity index (χ0n) is 11.1. The number of hydrogen-bond acceptors (Lipinski definition) is 5. The average molecular weight is 299 g/mol. The molecule has 1 aromatic rings. The van der Waals surface area contributed by atoms with Crippen molar-refractivity contribution >= 4 is 23.5 Å². The Morgan fingerprint density at radius 3 is 2.30 bits per heavy atom. The Balaban J connectivity index is 3.40. The molecule has 0 fully saturated rings. The molecule has 1 rings (SSSR count). The lowest BCUT2D eigenvalue weighted by molar-refractivity contribution is -0.181. The summed E-state index contributed by atoms with van der Waals surface area (Å²) in [6.45, 7) is 3.55. The fourth-order valence-corrected chi connectivity index (χ4v) is 2.10. The van der Waals surface area contributed by atoms with Gasteiger partial charge in [-0.05, 0) is 17.7 Å². The lowest BCUT2D eigenvalue weighted by atomic mass is 9.82. The normalized spacial score (nSPS) is 12.4. The highest BCUT2D eigenvalue weighted by atomic mass is 35.5. The van der Waals surface area contributed by atoms with Gasteiger partial charge in [0.1, 0.15) is 0 Å². The Labute approximate surface area is 121 Å². The molecule has 6 heteroatoms. The van der Waals surface area contributed by atoms with E-state index in [4.69, 9.17) is 11.6 Å². The highest BCUT2D eigenvalue weighted by Gasteiger charge is 2.53. The molecule has 20 heavy (non-hydrogen) atoms. The van der Waals surface area contributed by atoms with Gasteiger partial charge in [0.2, 0.25) is 0 Å². The van der Waals surface area contributed by atoms with Gasteiger partial charge in [0.15, 0.2) is 0 Å². The first-order chi connectivity index (χ1) is 9.41. The molecule has 108 valence electrons.